The molecule has 0 saturated heterocycles. The molecule has 0 spiro atoms. The lowest BCUT2D eigenvalue weighted by Crippen LogP contribution is -2.33. The van der Waals surface area contributed by atoms with Crippen LogP contribution in [0.25, 0.3) is 0 Å². The molecule has 0 aliphatic rings. The van der Waals surface area contributed by atoms with Crippen molar-refractivity contribution < 1.29 is 23.7 Å². The topological polar surface area (TPSA) is 78.4 Å². The third kappa shape index (κ3) is 6.50. The summed E-state index contributed by atoms with van der Waals surface area (Å²) in [6, 6.07) is 22.4. The number of benzene rings is 3. The maximum Gasteiger partial charge on any atom is 0.280 e. The number of amides is 1. The molecule has 0 aliphatic carbocycles. The van der Waals surface area contributed by atoms with E-state index in [9.17, 15) is 4.79 Å². The summed E-state index contributed by atoms with van der Waals surface area (Å²) in [7, 11) is 3.13. The monoisotopic (exact) mass is 434 g/mol. The Morgan fingerprint density at radius 3 is 2.31 bits per heavy atom. The summed E-state index contributed by atoms with van der Waals surface area (Å²) in [5, 5.41) is 3.98. The van der Waals surface area contributed by atoms with E-state index in [0.29, 0.717) is 23.9 Å². The quantitative estimate of drug-likeness (QED) is 0.382. The van der Waals surface area contributed by atoms with Gasteiger partial charge in [0.1, 0.15) is 18.1 Å². The van der Waals surface area contributed by atoms with E-state index in [4.69, 9.17) is 18.9 Å². The van der Waals surface area contributed by atoms with Crippen molar-refractivity contribution in [3.8, 4) is 23.0 Å². The van der Waals surface area contributed by atoms with Crippen LogP contribution in [0.3, 0.4) is 0 Å². The van der Waals surface area contributed by atoms with E-state index in [1.54, 1.807) is 63.6 Å². The fourth-order valence-corrected chi connectivity index (χ4v) is 2.81. The number of carbonyl (C=O) groups is 1. The predicted octanol–water partition coefficient (Wildman–Crippen LogP) is 4.20. The molecule has 7 heteroatoms. The minimum absolute atomic E-state index is 0.369. The van der Waals surface area contributed by atoms with E-state index in [1.807, 2.05) is 30.3 Å². The highest BCUT2D eigenvalue weighted by molar-refractivity contribution is 5.84. The van der Waals surface area contributed by atoms with Gasteiger partial charge < -0.3 is 18.9 Å². The van der Waals surface area contributed by atoms with Gasteiger partial charge in [-0.2, -0.15) is 5.10 Å². The maximum atomic E-state index is 12.3. The Hall–Kier alpha value is -4.00. The average molecular weight is 434 g/mol. The van der Waals surface area contributed by atoms with Crippen molar-refractivity contribution in [3.63, 3.8) is 0 Å². The molecule has 1 unspecified atom stereocenters. The summed E-state index contributed by atoms with van der Waals surface area (Å²) in [6.07, 6.45) is 0.791. The van der Waals surface area contributed by atoms with Crippen LogP contribution in [0, 0.1) is 0 Å². The van der Waals surface area contributed by atoms with Crippen LogP contribution < -0.4 is 24.4 Å². The molecule has 32 heavy (non-hydrogen) atoms. The van der Waals surface area contributed by atoms with Crippen molar-refractivity contribution in [2.24, 2.45) is 5.10 Å². The van der Waals surface area contributed by atoms with Gasteiger partial charge in [0.2, 0.25) is 0 Å². The molecular formula is C25H26N2O5. The van der Waals surface area contributed by atoms with Crippen LogP contribution in [0.4, 0.5) is 0 Å². The molecule has 0 bridgehead atoms. The lowest BCUT2D eigenvalue weighted by Gasteiger charge is -2.13. The Balaban J connectivity index is 1.48. The summed E-state index contributed by atoms with van der Waals surface area (Å²) in [6.45, 7) is 2.14. The Kier molecular flexibility index (Phi) is 8.09. The first-order valence-electron chi connectivity index (χ1n) is 10.1. The molecule has 0 fully saturated rings. The molecule has 0 radical (unpaired) electrons. The second-order valence-electron chi connectivity index (χ2n) is 6.85. The highest BCUT2D eigenvalue weighted by Gasteiger charge is 2.14. The number of hydrogen-bond donors (Lipinski definition) is 1. The van der Waals surface area contributed by atoms with Crippen LogP contribution in [0.2, 0.25) is 0 Å². The minimum atomic E-state index is -0.728. The summed E-state index contributed by atoms with van der Waals surface area (Å²) in [5.74, 6) is 2.11. The van der Waals surface area contributed by atoms with Crippen molar-refractivity contribution in [3.05, 3.63) is 83.9 Å². The van der Waals surface area contributed by atoms with Gasteiger partial charge in [-0.1, -0.05) is 30.3 Å². The third-order valence-electron chi connectivity index (χ3n) is 4.55. The van der Waals surface area contributed by atoms with Gasteiger partial charge in [0.15, 0.2) is 17.6 Å². The first-order chi connectivity index (χ1) is 15.6. The molecule has 0 aromatic heterocycles. The Bertz CT molecular complexity index is 1040. The zero-order valence-corrected chi connectivity index (χ0v) is 18.3. The first kappa shape index (κ1) is 22.7. The fraction of sp³-hybridized carbons (Fsp3) is 0.200. The highest BCUT2D eigenvalue weighted by atomic mass is 16.5. The fourth-order valence-electron chi connectivity index (χ4n) is 2.81. The molecule has 3 rings (SSSR count). The molecule has 1 atom stereocenters. The van der Waals surface area contributed by atoms with Crippen LogP contribution in [0.1, 0.15) is 18.1 Å². The molecular weight excluding hydrogens is 408 g/mol. The molecule has 166 valence electrons. The average Bonchev–Trinajstić information content (AvgIpc) is 2.84. The van der Waals surface area contributed by atoms with Crippen molar-refractivity contribution in [2.75, 3.05) is 14.2 Å². The largest absolute Gasteiger partial charge is 0.493 e. The number of rotatable bonds is 10. The molecule has 7 nitrogen and oxygen atoms in total. The molecule has 3 aromatic carbocycles. The van der Waals surface area contributed by atoms with Gasteiger partial charge in [-0.25, -0.2) is 5.43 Å². The van der Waals surface area contributed by atoms with E-state index in [0.717, 1.165) is 16.9 Å². The summed E-state index contributed by atoms with van der Waals surface area (Å²) < 4.78 is 21.9. The standard InChI is InChI=1S/C25H26N2O5/c1-18(25(28)27-26-16-20-9-14-23(29-2)24(15-20)30-3)32-22-12-10-21(11-13-22)31-17-19-7-5-4-6-8-19/h4-16,18H,17H2,1-3H3,(H,27,28)/b26-16-. The number of hydrogen-bond acceptors (Lipinski definition) is 6. The van der Waals surface area contributed by atoms with E-state index in [2.05, 4.69) is 10.5 Å². The SMILES string of the molecule is COc1ccc(/C=N\NC(=O)C(C)Oc2ccc(OCc3ccccc3)cc2)cc1OC. The second-order valence-corrected chi connectivity index (χ2v) is 6.85. The van der Waals surface area contributed by atoms with Gasteiger partial charge in [-0.3, -0.25) is 4.79 Å². The summed E-state index contributed by atoms with van der Waals surface area (Å²) in [5.41, 5.74) is 4.32. The molecule has 1 N–H and O–H groups in total. The molecule has 1 amide bonds. The van der Waals surface area contributed by atoms with Crippen LogP contribution in [0.5, 0.6) is 23.0 Å². The third-order valence-corrected chi connectivity index (χ3v) is 4.55. The van der Waals surface area contributed by atoms with Gasteiger partial charge >= 0.3 is 0 Å². The molecule has 3 aromatic rings. The number of nitrogens with zero attached hydrogens (tertiary/aromatic N) is 1. The van der Waals surface area contributed by atoms with Crippen LogP contribution in [-0.2, 0) is 11.4 Å². The number of nitrogens with one attached hydrogen (secondary N) is 1. The van der Waals surface area contributed by atoms with Crippen LogP contribution in [-0.4, -0.2) is 32.4 Å². The van der Waals surface area contributed by atoms with E-state index in [1.165, 1.54) is 6.21 Å². The van der Waals surface area contributed by atoms with Crippen LogP contribution in [0.15, 0.2) is 77.9 Å². The van der Waals surface area contributed by atoms with E-state index < -0.39 is 6.10 Å². The highest BCUT2D eigenvalue weighted by Crippen LogP contribution is 2.26. The van der Waals surface area contributed by atoms with E-state index in [-0.39, 0.29) is 5.91 Å². The zero-order chi connectivity index (χ0) is 22.8. The lowest BCUT2D eigenvalue weighted by atomic mass is 10.2. The number of ether oxygens (including phenoxy) is 4. The Labute approximate surface area is 187 Å². The number of carbonyl (C=O) groups excluding carboxylic acids is 1. The molecule has 0 saturated carbocycles. The van der Waals surface area contributed by atoms with Gasteiger partial charge in [-0.05, 0) is 60.5 Å². The van der Waals surface area contributed by atoms with Crippen molar-refractivity contribution in [1.82, 2.24) is 5.43 Å². The predicted molar refractivity (Wildman–Crippen MR) is 123 cm³/mol. The summed E-state index contributed by atoms with van der Waals surface area (Å²) >= 11 is 0. The smallest absolute Gasteiger partial charge is 0.280 e. The van der Waals surface area contributed by atoms with Crippen molar-refractivity contribution in [2.45, 2.75) is 19.6 Å². The minimum Gasteiger partial charge on any atom is -0.493 e. The normalized spacial score (nSPS) is 11.6. The second kappa shape index (κ2) is 11.4. The van der Waals surface area contributed by atoms with Crippen molar-refractivity contribution >= 4 is 12.1 Å². The van der Waals surface area contributed by atoms with Crippen LogP contribution >= 0.6 is 0 Å². The Morgan fingerprint density at radius 2 is 1.62 bits per heavy atom. The van der Waals surface area contributed by atoms with Gasteiger partial charge in [0, 0.05) is 0 Å². The van der Waals surface area contributed by atoms with Gasteiger partial charge in [0.25, 0.3) is 5.91 Å². The lowest BCUT2D eigenvalue weighted by molar-refractivity contribution is -0.127. The van der Waals surface area contributed by atoms with Gasteiger partial charge in [0.05, 0.1) is 20.4 Å². The van der Waals surface area contributed by atoms with E-state index >= 15 is 0 Å². The Morgan fingerprint density at radius 1 is 0.938 bits per heavy atom. The zero-order valence-electron chi connectivity index (χ0n) is 18.3. The molecule has 0 aliphatic heterocycles. The number of methoxy groups -OCH3 is 2. The van der Waals surface area contributed by atoms with Crippen molar-refractivity contribution in [1.29, 1.82) is 0 Å². The number of hydrazone groups is 1. The summed E-state index contributed by atoms with van der Waals surface area (Å²) in [4.78, 5) is 12.3. The van der Waals surface area contributed by atoms with Gasteiger partial charge in [-0.15, -0.1) is 0 Å². The molecule has 0 heterocycles. The first-order valence-corrected chi connectivity index (χ1v) is 10.1. The maximum absolute atomic E-state index is 12.3.